The maximum Gasteiger partial charge on any atom is 0.209 e. The zero-order valence-electron chi connectivity index (χ0n) is 6.66. The van der Waals surface area contributed by atoms with E-state index in [1.807, 2.05) is 0 Å². The maximum absolute atomic E-state index is 5.45. The van der Waals surface area contributed by atoms with Crippen molar-refractivity contribution in [2.75, 3.05) is 6.61 Å². The molecule has 1 aromatic rings. The van der Waals surface area contributed by atoms with Crippen LogP contribution in [0.2, 0.25) is 0 Å². The molecule has 5 heteroatoms. The zero-order valence-corrected chi connectivity index (χ0v) is 9.06. The normalized spacial score (nSPS) is 29.5. The Labute approximate surface area is 83.5 Å². The molecule has 0 radical (unpaired) electrons. The zero-order chi connectivity index (χ0) is 8.55. The Morgan fingerprint density at radius 3 is 3.00 bits per heavy atom. The quantitative estimate of drug-likeness (QED) is 0.765. The van der Waals surface area contributed by atoms with Gasteiger partial charge in [-0.15, -0.1) is 0 Å². The van der Waals surface area contributed by atoms with E-state index in [9.17, 15) is 0 Å². The van der Waals surface area contributed by atoms with Crippen LogP contribution in [0.25, 0.3) is 0 Å². The van der Waals surface area contributed by atoms with Gasteiger partial charge in [-0.3, -0.25) is 0 Å². The third-order valence-corrected chi connectivity index (χ3v) is 3.55. The monoisotopic (exact) mass is 248 g/mol. The molecule has 1 fully saturated rings. The van der Waals surface area contributed by atoms with Gasteiger partial charge in [-0.25, -0.2) is 4.98 Å². The molecule has 0 amide bonds. The van der Waals surface area contributed by atoms with Gasteiger partial charge in [0.05, 0.1) is 6.10 Å². The standard InChI is InChI=1S/C7H9BrN2OS/c1-4-5(2-3-11-4)6-9-7(8)10-12-6/h4-5H,2-3H2,1H3. The minimum absolute atomic E-state index is 0.296. The van der Waals surface area contributed by atoms with Gasteiger partial charge in [0.15, 0.2) is 0 Å². The van der Waals surface area contributed by atoms with E-state index in [4.69, 9.17) is 4.74 Å². The smallest absolute Gasteiger partial charge is 0.209 e. The summed E-state index contributed by atoms with van der Waals surface area (Å²) >= 11 is 4.71. The number of hydrogen-bond donors (Lipinski definition) is 0. The first kappa shape index (κ1) is 8.59. The second kappa shape index (κ2) is 3.40. The van der Waals surface area contributed by atoms with Gasteiger partial charge in [0.1, 0.15) is 5.01 Å². The highest BCUT2D eigenvalue weighted by Gasteiger charge is 2.28. The summed E-state index contributed by atoms with van der Waals surface area (Å²) in [5.74, 6) is 0.453. The highest BCUT2D eigenvalue weighted by Crippen LogP contribution is 2.32. The van der Waals surface area contributed by atoms with Crippen LogP contribution in [0.3, 0.4) is 0 Å². The largest absolute Gasteiger partial charge is 0.378 e. The summed E-state index contributed by atoms with van der Waals surface area (Å²) in [6, 6.07) is 0. The van der Waals surface area contributed by atoms with Crippen molar-refractivity contribution in [3.63, 3.8) is 0 Å². The van der Waals surface area contributed by atoms with Crippen molar-refractivity contribution in [3.8, 4) is 0 Å². The molecule has 66 valence electrons. The van der Waals surface area contributed by atoms with Crippen molar-refractivity contribution in [2.24, 2.45) is 0 Å². The maximum atomic E-state index is 5.45. The summed E-state index contributed by atoms with van der Waals surface area (Å²) in [5, 5.41) is 1.09. The Morgan fingerprint density at radius 1 is 1.67 bits per heavy atom. The number of rotatable bonds is 1. The van der Waals surface area contributed by atoms with E-state index in [1.165, 1.54) is 11.5 Å². The lowest BCUT2D eigenvalue weighted by atomic mass is 10.0. The predicted molar refractivity (Wildman–Crippen MR) is 50.4 cm³/mol. The van der Waals surface area contributed by atoms with E-state index in [1.54, 1.807) is 0 Å². The van der Waals surface area contributed by atoms with E-state index in [-0.39, 0.29) is 0 Å². The first-order chi connectivity index (χ1) is 5.77. The molecule has 1 aliphatic rings. The van der Waals surface area contributed by atoms with Crippen molar-refractivity contribution in [3.05, 3.63) is 9.74 Å². The summed E-state index contributed by atoms with van der Waals surface area (Å²) in [7, 11) is 0. The average molecular weight is 249 g/mol. The van der Waals surface area contributed by atoms with Crippen molar-refractivity contribution < 1.29 is 4.74 Å². The molecule has 2 atom stereocenters. The third kappa shape index (κ3) is 1.53. The Kier molecular flexibility index (Phi) is 2.43. The Bertz CT molecular complexity index is 278. The molecule has 1 saturated heterocycles. The Morgan fingerprint density at radius 2 is 2.50 bits per heavy atom. The molecule has 0 aromatic carbocycles. The number of nitrogens with zero attached hydrogens (tertiary/aromatic N) is 2. The van der Waals surface area contributed by atoms with Gasteiger partial charge >= 0.3 is 0 Å². The number of halogens is 1. The molecule has 1 aliphatic heterocycles. The number of ether oxygens (including phenoxy) is 1. The molecular weight excluding hydrogens is 240 g/mol. The number of aromatic nitrogens is 2. The van der Waals surface area contributed by atoms with E-state index < -0.39 is 0 Å². The summed E-state index contributed by atoms with van der Waals surface area (Å²) in [6.07, 6.45) is 1.37. The molecule has 2 unspecified atom stereocenters. The second-order valence-corrected chi connectivity index (χ2v) is 4.37. The van der Waals surface area contributed by atoms with Crippen LogP contribution in [-0.4, -0.2) is 22.1 Å². The molecule has 2 rings (SSSR count). The molecule has 0 bridgehead atoms. The molecule has 0 N–H and O–H groups in total. The lowest BCUT2D eigenvalue weighted by Crippen LogP contribution is -2.08. The van der Waals surface area contributed by atoms with Crippen LogP contribution in [0.4, 0.5) is 0 Å². The summed E-state index contributed by atoms with van der Waals surface area (Å²) in [4.78, 5) is 4.29. The minimum atomic E-state index is 0.296. The van der Waals surface area contributed by atoms with Crippen LogP contribution in [0.1, 0.15) is 24.3 Å². The fourth-order valence-corrected chi connectivity index (χ4v) is 2.73. The van der Waals surface area contributed by atoms with Gasteiger partial charge in [0, 0.05) is 12.5 Å². The lowest BCUT2D eigenvalue weighted by molar-refractivity contribution is 0.118. The summed E-state index contributed by atoms with van der Waals surface area (Å²) in [6.45, 7) is 2.94. The third-order valence-electron chi connectivity index (χ3n) is 2.11. The molecule has 0 spiro atoms. The molecule has 2 heterocycles. The van der Waals surface area contributed by atoms with Crippen LogP contribution >= 0.6 is 27.5 Å². The van der Waals surface area contributed by atoms with Crippen LogP contribution in [0.5, 0.6) is 0 Å². The molecule has 3 nitrogen and oxygen atoms in total. The first-order valence-electron chi connectivity index (χ1n) is 3.88. The van der Waals surface area contributed by atoms with Crippen molar-refractivity contribution >= 4 is 27.5 Å². The van der Waals surface area contributed by atoms with Gasteiger partial charge in [0.2, 0.25) is 4.73 Å². The van der Waals surface area contributed by atoms with Crippen LogP contribution in [0, 0.1) is 0 Å². The average Bonchev–Trinajstić information content (AvgIpc) is 2.58. The van der Waals surface area contributed by atoms with E-state index in [2.05, 4.69) is 32.2 Å². The van der Waals surface area contributed by atoms with Gasteiger partial charge < -0.3 is 4.74 Å². The molecular formula is C7H9BrN2OS. The molecule has 12 heavy (non-hydrogen) atoms. The fourth-order valence-electron chi connectivity index (χ4n) is 1.42. The van der Waals surface area contributed by atoms with E-state index in [0.717, 1.165) is 18.0 Å². The molecule has 0 aliphatic carbocycles. The van der Waals surface area contributed by atoms with E-state index >= 15 is 0 Å². The highest BCUT2D eigenvalue weighted by molar-refractivity contribution is 9.10. The molecule has 1 aromatic heterocycles. The predicted octanol–water partition coefficient (Wildman–Crippen LogP) is 2.19. The first-order valence-corrected chi connectivity index (χ1v) is 5.44. The van der Waals surface area contributed by atoms with Crippen LogP contribution in [0.15, 0.2) is 4.73 Å². The minimum Gasteiger partial charge on any atom is -0.378 e. The second-order valence-electron chi connectivity index (χ2n) is 2.87. The van der Waals surface area contributed by atoms with Crippen molar-refractivity contribution in [2.45, 2.75) is 25.4 Å². The lowest BCUT2D eigenvalue weighted by Gasteiger charge is -2.08. The number of hydrogen-bond acceptors (Lipinski definition) is 4. The highest BCUT2D eigenvalue weighted by atomic mass is 79.9. The van der Waals surface area contributed by atoms with E-state index in [0.29, 0.717) is 16.8 Å². The Hall–Kier alpha value is -0.0000000000000000278. The van der Waals surface area contributed by atoms with Gasteiger partial charge in [-0.2, -0.15) is 4.37 Å². The van der Waals surface area contributed by atoms with Crippen LogP contribution in [-0.2, 0) is 4.74 Å². The van der Waals surface area contributed by atoms with Gasteiger partial charge in [-0.1, -0.05) is 0 Å². The Balaban J connectivity index is 2.19. The topological polar surface area (TPSA) is 35.0 Å². The van der Waals surface area contributed by atoms with Crippen molar-refractivity contribution in [1.29, 1.82) is 0 Å². The SMILES string of the molecule is CC1OCCC1c1nc(Br)ns1. The van der Waals surface area contributed by atoms with Gasteiger partial charge in [-0.05, 0) is 40.8 Å². The van der Waals surface area contributed by atoms with Gasteiger partial charge in [0.25, 0.3) is 0 Å². The van der Waals surface area contributed by atoms with Crippen LogP contribution < -0.4 is 0 Å². The molecule has 0 saturated carbocycles. The van der Waals surface area contributed by atoms with Crippen molar-refractivity contribution in [1.82, 2.24) is 9.36 Å². The summed E-state index contributed by atoms with van der Waals surface area (Å²) < 4.78 is 10.2. The summed E-state index contributed by atoms with van der Waals surface area (Å²) in [5.41, 5.74) is 0. The fraction of sp³-hybridized carbons (Fsp3) is 0.714.